The van der Waals surface area contributed by atoms with Crippen molar-refractivity contribution in [2.45, 2.75) is 56.2 Å². The quantitative estimate of drug-likeness (QED) is 0.638. The van der Waals surface area contributed by atoms with Crippen molar-refractivity contribution in [3.8, 4) is 0 Å². The summed E-state index contributed by atoms with van der Waals surface area (Å²) in [5, 5.41) is 0.293. The van der Waals surface area contributed by atoms with E-state index in [9.17, 15) is 0 Å². The Balaban J connectivity index is 1.83. The van der Waals surface area contributed by atoms with Crippen LogP contribution in [0.1, 0.15) is 51.5 Å². The van der Waals surface area contributed by atoms with Gasteiger partial charge in [0.1, 0.15) is 0 Å². The van der Waals surface area contributed by atoms with Gasteiger partial charge in [-0.3, -0.25) is 0 Å². The van der Waals surface area contributed by atoms with Gasteiger partial charge in [0, 0.05) is 16.0 Å². The van der Waals surface area contributed by atoms with E-state index in [0.717, 1.165) is 12.3 Å². The number of hydrogen-bond acceptors (Lipinski definition) is 1. The zero-order valence-electron chi connectivity index (χ0n) is 11.6. The highest BCUT2D eigenvalue weighted by molar-refractivity contribution is 7.99. The van der Waals surface area contributed by atoms with Crippen LogP contribution in [-0.2, 0) is 0 Å². The second kappa shape index (κ2) is 5.88. The van der Waals surface area contributed by atoms with Crippen LogP contribution in [0, 0.1) is 5.41 Å². The van der Waals surface area contributed by atoms with Gasteiger partial charge < -0.3 is 0 Å². The van der Waals surface area contributed by atoms with E-state index in [4.69, 9.17) is 11.6 Å². The van der Waals surface area contributed by atoms with E-state index < -0.39 is 0 Å². The average molecular weight is 283 g/mol. The van der Waals surface area contributed by atoms with Gasteiger partial charge in [-0.2, -0.15) is 0 Å². The molecule has 0 aliphatic carbocycles. The van der Waals surface area contributed by atoms with Gasteiger partial charge in [0.25, 0.3) is 0 Å². The fourth-order valence-corrected chi connectivity index (χ4v) is 3.90. The standard InChI is InChI=1S/C16H23ClS/c1-16(2,3)15(17)10-6-7-12-11-18-14-9-5-4-8-13(12)14/h4-5,8-9,12,15H,6-7,10-11H2,1-3H3. The van der Waals surface area contributed by atoms with Crippen molar-refractivity contribution in [3.05, 3.63) is 29.8 Å². The lowest BCUT2D eigenvalue weighted by Crippen LogP contribution is -2.20. The Morgan fingerprint density at radius 3 is 2.78 bits per heavy atom. The molecular formula is C16H23ClS. The van der Waals surface area contributed by atoms with Crippen molar-refractivity contribution in [3.63, 3.8) is 0 Å². The van der Waals surface area contributed by atoms with E-state index in [2.05, 4.69) is 45.0 Å². The zero-order valence-corrected chi connectivity index (χ0v) is 13.2. The number of halogens is 1. The van der Waals surface area contributed by atoms with Gasteiger partial charge in [-0.1, -0.05) is 45.4 Å². The summed E-state index contributed by atoms with van der Waals surface area (Å²) in [7, 11) is 0. The van der Waals surface area contributed by atoms with Crippen molar-refractivity contribution in [1.82, 2.24) is 0 Å². The Morgan fingerprint density at radius 1 is 1.33 bits per heavy atom. The van der Waals surface area contributed by atoms with Crippen LogP contribution in [-0.4, -0.2) is 11.1 Å². The first-order chi connectivity index (χ1) is 8.48. The average Bonchev–Trinajstić information content (AvgIpc) is 2.71. The number of alkyl halides is 1. The fraction of sp³-hybridized carbons (Fsp3) is 0.625. The van der Waals surface area contributed by atoms with Crippen LogP contribution >= 0.6 is 23.4 Å². The molecule has 100 valence electrons. The highest BCUT2D eigenvalue weighted by Gasteiger charge is 2.25. The van der Waals surface area contributed by atoms with E-state index in [1.807, 2.05) is 11.8 Å². The van der Waals surface area contributed by atoms with E-state index in [1.54, 1.807) is 5.56 Å². The van der Waals surface area contributed by atoms with Crippen LogP contribution in [0.3, 0.4) is 0 Å². The van der Waals surface area contributed by atoms with E-state index >= 15 is 0 Å². The summed E-state index contributed by atoms with van der Waals surface area (Å²) >= 11 is 8.44. The molecule has 0 nitrogen and oxygen atoms in total. The smallest absolute Gasteiger partial charge is 0.0384 e. The first-order valence-corrected chi connectivity index (χ1v) is 8.26. The lowest BCUT2D eigenvalue weighted by atomic mass is 9.87. The molecule has 18 heavy (non-hydrogen) atoms. The molecule has 2 heteroatoms. The second-order valence-corrected chi connectivity index (χ2v) is 7.90. The predicted molar refractivity (Wildman–Crippen MR) is 82.9 cm³/mol. The topological polar surface area (TPSA) is 0 Å². The normalized spacial score (nSPS) is 20.8. The van der Waals surface area contributed by atoms with Crippen LogP contribution in [0.5, 0.6) is 0 Å². The van der Waals surface area contributed by atoms with Crippen LogP contribution in [0.15, 0.2) is 29.2 Å². The van der Waals surface area contributed by atoms with Gasteiger partial charge in [-0.15, -0.1) is 23.4 Å². The molecule has 1 heterocycles. The highest BCUT2D eigenvalue weighted by atomic mass is 35.5. The number of rotatable bonds is 4. The van der Waals surface area contributed by atoms with Gasteiger partial charge in [0.05, 0.1) is 0 Å². The first kappa shape index (κ1) is 14.3. The zero-order chi connectivity index (χ0) is 13.2. The van der Waals surface area contributed by atoms with Crippen LogP contribution in [0.25, 0.3) is 0 Å². The molecule has 2 atom stereocenters. The van der Waals surface area contributed by atoms with Crippen molar-refractivity contribution in [2.24, 2.45) is 5.41 Å². The Morgan fingerprint density at radius 2 is 2.06 bits per heavy atom. The molecule has 0 spiro atoms. The number of fused-ring (bicyclic) bond motifs is 1. The molecule has 0 N–H and O–H groups in total. The van der Waals surface area contributed by atoms with Crippen LogP contribution in [0.2, 0.25) is 0 Å². The SMILES string of the molecule is CC(C)(C)C(Cl)CCCC1CSc2ccccc21. The van der Waals surface area contributed by atoms with Gasteiger partial charge >= 0.3 is 0 Å². The van der Waals surface area contributed by atoms with Crippen molar-refractivity contribution in [2.75, 3.05) is 5.75 Å². The summed E-state index contributed by atoms with van der Waals surface area (Å²) in [5.41, 5.74) is 1.79. The lowest BCUT2D eigenvalue weighted by Gasteiger charge is -2.25. The molecule has 0 bridgehead atoms. The molecule has 1 aromatic carbocycles. The predicted octanol–water partition coefficient (Wildman–Crippen LogP) is 5.70. The molecule has 0 amide bonds. The molecule has 2 unspecified atom stereocenters. The number of thioether (sulfide) groups is 1. The third-order valence-corrected chi connectivity index (χ3v) is 5.87. The molecule has 1 aliphatic heterocycles. The molecule has 0 saturated heterocycles. The molecule has 2 rings (SSSR count). The van der Waals surface area contributed by atoms with Crippen molar-refractivity contribution in [1.29, 1.82) is 0 Å². The molecule has 1 aromatic rings. The van der Waals surface area contributed by atoms with Crippen LogP contribution < -0.4 is 0 Å². The van der Waals surface area contributed by atoms with E-state index in [-0.39, 0.29) is 5.41 Å². The lowest BCUT2D eigenvalue weighted by molar-refractivity contribution is 0.364. The minimum absolute atomic E-state index is 0.226. The minimum atomic E-state index is 0.226. The Bertz CT molecular complexity index is 394. The third kappa shape index (κ3) is 3.45. The molecule has 0 fully saturated rings. The molecule has 0 radical (unpaired) electrons. The summed E-state index contributed by atoms with van der Waals surface area (Å²) in [6, 6.07) is 8.85. The molecule has 0 saturated carbocycles. The maximum absolute atomic E-state index is 6.44. The van der Waals surface area contributed by atoms with Crippen molar-refractivity contribution >= 4 is 23.4 Å². The summed E-state index contributed by atoms with van der Waals surface area (Å²) in [5.74, 6) is 2.00. The molecule has 0 aromatic heterocycles. The second-order valence-electron chi connectivity index (χ2n) is 6.31. The number of benzene rings is 1. The monoisotopic (exact) mass is 282 g/mol. The molecule has 1 aliphatic rings. The fourth-order valence-electron chi connectivity index (χ4n) is 2.44. The molecular weight excluding hydrogens is 260 g/mol. The van der Waals surface area contributed by atoms with Gasteiger partial charge in [0.2, 0.25) is 0 Å². The summed E-state index contributed by atoms with van der Waals surface area (Å²) in [4.78, 5) is 1.49. The summed E-state index contributed by atoms with van der Waals surface area (Å²) < 4.78 is 0. The Hall–Kier alpha value is -0.140. The van der Waals surface area contributed by atoms with Crippen LogP contribution in [0.4, 0.5) is 0 Å². The largest absolute Gasteiger partial charge is 0.125 e. The maximum atomic E-state index is 6.44. The van der Waals surface area contributed by atoms with Gasteiger partial charge in [-0.25, -0.2) is 0 Å². The number of hydrogen-bond donors (Lipinski definition) is 0. The summed E-state index contributed by atoms with van der Waals surface area (Å²) in [6.45, 7) is 6.68. The van der Waals surface area contributed by atoms with E-state index in [1.165, 1.54) is 23.5 Å². The van der Waals surface area contributed by atoms with Crippen molar-refractivity contribution < 1.29 is 0 Å². The van der Waals surface area contributed by atoms with E-state index in [0.29, 0.717) is 5.38 Å². The third-order valence-electron chi connectivity index (χ3n) is 3.75. The first-order valence-electron chi connectivity index (χ1n) is 6.84. The summed E-state index contributed by atoms with van der Waals surface area (Å²) in [6.07, 6.45) is 3.66. The maximum Gasteiger partial charge on any atom is 0.0384 e. The van der Waals surface area contributed by atoms with Gasteiger partial charge in [-0.05, 0) is 35.8 Å². The Kier molecular flexibility index (Phi) is 4.66. The minimum Gasteiger partial charge on any atom is -0.125 e. The van der Waals surface area contributed by atoms with Gasteiger partial charge in [0.15, 0.2) is 0 Å². The Labute approximate surface area is 121 Å². The highest BCUT2D eigenvalue weighted by Crippen LogP contribution is 2.42.